The first kappa shape index (κ1) is 10.8. The van der Waals surface area contributed by atoms with E-state index in [9.17, 15) is 4.79 Å². The fourth-order valence-electron chi connectivity index (χ4n) is 0.677. The van der Waals surface area contributed by atoms with E-state index in [1.165, 1.54) is 11.3 Å². The van der Waals surface area contributed by atoms with Crippen molar-refractivity contribution in [3.05, 3.63) is 19.2 Å². The van der Waals surface area contributed by atoms with Crippen LogP contribution in [0.4, 0.5) is 0 Å². The molecule has 1 amide bonds. The van der Waals surface area contributed by atoms with Gasteiger partial charge in [0.25, 0.3) is 5.91 Å². The van der Waals surface area contributed by atoms with Gasteiger partial charge in [0.05, 0.1) is 15.2 Å². The Kier molecular flexibility index (Phi) is 3.97. The second-order valence-corrected chi connectivity index (χ2v) is 5.34. The van der Waals surface area contributed by atoms with Gasteiger partial charge in [-0.25, -0.2) is 0 Å². The van der Waals surface area contributed by atoms with Gasteiger partial charge in [-0.1, -0.05) is 5.92 Å². The fourth-order valence-corrected chi connectivity index (χ4v) is 2.63. The molecule has 0 bridgehead atoms. The highest BCUT2D eigenvalue weighted by Crippen LogP contribution is 2.32. The van der Waals surface area contributed by atoms with Crippen molar-refractivity contribution < 1.29 is 4.79 Å². The number of carbonyl (C=O) groups is 1. The zero-order valence-corrected chi connectivity index (χ0v) is 10.4. The standard InChI is InChI=1S/C8H5Br2NOS/c1-2-3-11-8(12)6-4-5(9)7(10)13-6/h1,4H,3H2,(H,11,12). The monoisotopic (exact) mass is 321 g/mol. The van der Waals surface area contributed by atoms with Crippen LogP contribution in [-0.4, -0.2) is 12.5 Å². The Morgan fingerprint density at radius 3 is 2.85 bits per heavy atom. The molecule has 13 heavy (non-hydrogen) atoms. The largest absolute Gasteiger partial charge is 0.340 e. The number of amides is 1. The Labute approximate surface area is 97.0 Å². The lowest BCUT2D eigenvalue weighted by atomic mass is 10.4. The zero-order chi connectivity index (χ0) is 9.84. The maximum Gasteiger partial charge on any atom is 0.262 e. The molecule has 5 heteroatoms. The van der Waals surface area contributed by atoms with Gasteiger partial charge in [-0.2, -0.15) is 0 Å². The average Bonchev–Trinajstić information content (AvgIpc) is 2.43. The minimum Gasteiger partial charge on any atom is -0.340 e. The highest BCUT2D eigenvalue weighted by molar-refractivity contribution is 9.13. The normalized spacial score (nSPS) is 9.31. The minimum absolute atomic E-state index is 0.144. The van der Waals surface area contributed by atoms with Gasteiger partial charge in [0, 0.05) is 4.47 Å². The molecule has 0 radical (unpaired) electrons. The molecule has 0 unspecified atom stereocenters. The number of hydrogen-bond donors (Lipinski definition) is 1. The summed E-state index contributed by atoms with van der Waals surface area (Å²) in [6.45, 7) is 0.256. The topological polar surface area (TPSA) is 29.1 Å². The van der Waals surface area contributed by atoms with Gasteiger partial charge in [-0.15, -0.1) is 17.8 Å². The van der Waals surface area contributed by atoms with E-state index >= 15 is 0 Å². The Balaban J connectivity index is 2.73. The summed E-state index contributed by atoms with van der Waals surface area (Å²) in [6, 6.07) is 1.75. The lowest BCUT2D eigenvalue weighted by Gasteiger charge is -1.95. The van der Waals surface area contributed by atoms with E-state index in [2.05, 4.69) is 43.1 Å². The summed E-state index contributed by atoms with van der Waals surface area (Å²) in [5, 5.41) is 2.58. The molecule has 1 aromatic rings. The van der Waals surface area contributed by atoms with Crippen molar-refractivity contribution >= 4 is 49.1 Å². The SMILES string of the molecule is C#CCNC(=O)c1cc(Br)c(Br)s1. The van der Waals surface area contributed by atoms with Gasteiger partial charge < -0.3 is 5.32 Å². The molecule has 0 atom stereocenters. The van der Waals surface area contributed by atoms with Crippen LogP contribution in [0, 0.1) is 12.3 Å². The van der Waals surface area contributed by atoms with E-state index in [1.54, 1.807) is 6.07 Å². The molecule has 0 spiro atoms. The van der Waals surface area contributed by atoms with Crippen molar-refractivity contribution in [1.82, 2.24) is 5.32 Å². The first-order valence-corrected chi connectivity index (χ1v) is 5.72. The zero-order valence-electron chi connectivity index (χ0n) is 6.43. The summed E-state index contributed by atoms with van der Waals surface area (Å²) >= 11 is 7.96. The Bertz CT molecular complexity index is 347. The molecule has 0 aliphatic carbocycles. The van der Waals surface area contributed by atoms with Gasteiger partial charge in [0.1, 0.15) is 0 Å². The van der Waals surface area contributed by atoms with Crippen LogP contribution in [-0.2, 0) is 0 Å². The molecule has 1 N–H and O–H groups in total. The number of rotatable bonds is 2. The molecule has 0 saturated carbocycles. The summed E-state index contributed by atoms with van der Waals surface area (Å²) in [5.41, 5.74) is 0. The lowest BCUT2D eigenvalue weighted by molar-refractivity contribution is 0.0962. The number of terminal acetylenes is 1. The maximum absolute atomic E-state index is 11.3. The van der Waals surface area contributed by atoms with Crippen LogP contribution in [0.15, 0.2) is 14.3 Å². The third kappa shape index (κ3) is 2.83. The molecular formula is C8H5Br2NOS. The quantitative estimate of drug-likeness (QED) is 0.833. The summed E-state index contributed by atoms with van der Waals surface area (Å²) in [7, 11) is 0. The van der Waals surface area contributed by atoms with Crippen molar-refractivity contribution in [2.24, 2.45) is 0 Å². The van der Waals surface area contributed by atoms with Crippen molar-refractivity contribution in [3.63, 3.8) is 0 Å². The number of halogens is 2. The van der Waals surface area contributed by atoms with Crippen molar-refractivity contribution in [2.45, 2.75) is 0 Å². The lowest BCUT2D eigenvalue weighted by Crippen LogP contribution is -2.22. The summed E-state index contributed by atoms with van der Waals surface area (Å²) in [4.78, 5) is 12.0. The van der Waals surface area contributed by atoms with Gasteiger partial charge >= 0.3 is 0 Å². The van der Waals surface area contributed by atoms with Crippen LogP contribution in [0.2, 0.25) is 0 Å². The summed E-state index contributed by atoms with van der Waals surface area (Å²) < 4.78 is 1.78. The van der Waals surface area contributed by atoms with E-state index in [0.29, 0.717) is 4.88 Å². The van der Waals surface area contributed by atoms with Crippen LogP contribution in [0.1, 0.15) is 9.67 Å². The summed E-state index contributed by atoms with van der Waals surface area (Å²) in [6.07, 6.45) is 5.01. The van der Waals surface area contributed by atoms with Gasteiger partial charge in [0.15, 0.2) is 0 Å². The minimum atomic E-state index is -0.144. The molecule has 0 fully saturated rings. The maximum atomic E-state index is 11.3. The molecule has 0 aliphatic heterocycles. The van der Waals surface area contributed by atoms with E-state index < -0.39 is 0 Å². The number of thiophene rings is 1. The molecule has 0 aliphatic rings. The predicted octanol–water partition coefficient (Wildman–Crippen LogP) is 2.64. The Hall–Kier alpha value is -0.310. The van der Waals surface area contributed by atoms with Crippen molar-refractivity contribution in [2.75, 3.05) is 6.54 Å². The van der Waals surface area contributed by atoms with E-state index in [1.807, 2.05) is 0 Å². The van der Waals surface area contributed by atoms with Crippen molar-refractivity contribution in [1.29, 1.82) is 0 Å². The number of hydrogen-bond acceptors (Lipinski definition) is 2. The Morgan fingerprint density at radius 1 is 1.69 bits per heavy atom. The smallest absolute Gasteiger partial charge is 0.262 e. The average molecular weight is 323 g/mol. The molecule has 0 saturated heterocycles. The highest BCUT2D eigenvalue weighted by Gasteiger charge is 2.10. The third-order valence-corrected chi connectivity index (χ3v) is 4.47. The number of carbonyl (C=O) groups excluding carboxylic acids is 1. The van der Waals surface area contributed by atoms with E-state index in [0.717, 1.165) is 8.26 Å². The summed E-state index contributed by atoms with van der Waals surface area (Å²) in [5.74, 6) is 2.19. The molecule has 1 rings (SSSR count). The van der Waals surface area contributed by atoms with Gasteiger partial charge in [-0.05, 0) is 37.9 Å². The second kappa shape index (κ2) is 4.80. The third-order valence-electron chi connectivity index (χ3n) is 1.22. The first-order valence-electron chi connectivity index (χ1n) is 3.31. The predicted molar refractivity (Wildman–Crippen MR) is 60.9 cm³/mol. The van der Waals surface area contributed by atoms with Crippen LogP contribution in [0.3, 0.4) is 0 Å². The molecular weight excluding hydrogens is 318 g/mol. The van der Waals surface area contributed by atoms with Crippen molar-refractivity contribution in [3.8, 4) is 12.3 Å². The molecule has 1 heterocycles. The van der Waals surface area contributed by atoms with Crippen LogP contribution in [0.25, 0.3) is 0 Å². The molecule has 0 aromatic carbocycles. The molecule has 2 nitrogen and oxygen atoms in total. The fraction of sp³-hybridized carbons (Fsp3) is 0.125. The van der Waals surface area contributed by atoms with Crippen LogP contribution in [0.5, 0.6) is 0 Å². The highest BCUT2D eigenvalue weighted by atomic mass is 79.9. The number of nitrogens with one attached hydrogen (secondary N) is 1. The van der Waals surface area contributed by atoms with E-state index in [-0.39, 0.29) is 12.5 Å². The molecule has 68 valence electrons. The first-order chi connectivity index (χ1) is 6.15. The van der Waals surface area contributed by atoms with E-state index in [4.69, 9.17) is 6.42 Å². The van der Waals surface area contributed by atoms with Crippen LogP contribution >= 0.6 is 43.2 Å². The molecule has 1 aromatic heterocycles. The van der Waals surface area contributed by atoms with Gasteiger partial charge in [-0.3, -0.25) is 4.79 Å². The van der Waals surface area contributed by atoms with Gasteiger partial charge in [0.2, 0.25) is 0 Å². The Morgan fingerprint density at radius 2 is 2.38 bits per heavy atom. The second-order valence-electron chi connectivity index (χ2n) is 2.12. The van der Waals surface area contributed by atoms with Crippen LogP contribution < -0.4 is 5.32 Å².